The number of amides is 2. The van der Waals surface area contributed by atoms with E-state index in [4.69, 9.17) is 0 Å². The molecule has 138 valence electrons. The van der Waals surface area contributed by atoms with Crippen LogP contribution in [0.3, 0.4) is 0 Å². The van der Waals surface area contributed by atoms with Gasteiger partial charge in [0.2, 0.25) is 0 Å². The van der Waals surface area contributed by atoms with E-state index >= 15 is 0 Å². The summed E-state index contributed by atoms with van der Waals surface area (Å²) in [6.45, 7) is -2.18. The summed E-state index contributed by atoms with van der Waals surface area (Å²) in [5.41, 5.74) is 0. The minimum absolute atomic E-state index is 0.673. The maximum Gasteiger partial charge on any atom is 0.471 e. The monoisotopic (exact) mass is 368 g/mol. The van der Waals surface area contributed by atoms with Crippen molar-refractivity contribution in [3.05, 3.63) is 0 Å². The van der Waals surface area contributed by atoms with Crippen LogP contribution in [0.15, 0.2) is 0 Å². The molecule has 2 amide bonds. The summed E-state index contributed by atoms with van der Waals surface area (Å²) in [7, 11) is 0. The summed E-state index contributed by atoms with van der Waals surface area (Å²) in [4.78, 5) is 42.7. The smallest absolute Gasteiger partial charge is 0.444 e. The van der Waals surface area contributed by atoms with Gasteiger partial charge in [0.1, 0.15) is 0 Å². The van der Waals surface area contributed by atoms with E-state index in [0.29, 0.717) is 0 Å². The lowest BCUT2D eigenvalue weighted by Crippen LogP contribution is -2.38. The van der Waals surface area contributed by atoms with Gasteiger partial charge >= 0.3 is 36.1 Å². The third-order valence-corrected chi connectivity index (χ3v) is 1.98. The molecule has 0 heterocycles. The molecule has 0 bridgehead atoms. The lowest BCUT2D eigenvalue weighted by Gasteiger charge is -2.09. The summed E-state index contributed by atoms with van der Waals surface area (Å²) in [6, 6.07) is 0. The summed E-state index contributed by atoms with van der Waals surface area (Å²) in [5, 5.41) is 2.45. The highest BCUT2D eigenvalue weighted by atomic mass is 19.4. The number of esters is 2. The van der Waals surface area contributed by atoms with Gasteiger partial charge in [-0.2, -0.15) is 26.3 Å². The molecule has 14 heteroatoms. The van der Waals surface area contributed by atoms with Crippen molar-refractivity contribution in [2.45, 2.75) is 25.2 Å². The van der Waals surface area contributed by atoms with E-state index in [1.165, 1.54) is 10.6 Å². The minimum atomic E-state index is -5.16. The Balaban J connectivity index is 3.85. The Morgan fingerprint density at radius 2 is 0.958 bits per heavy atom. The zero-order valence-corrected chi connectivity index (χ0v) is 11.5. The number of ether oxygens (including phenoxy) is 2. The molecule has 24 heavy (non-hydrogen) atoms. The Morgan fingerprint density at radius 3 is 1.21 bits per heavy atom. The van der Waals surface area contributed by atoms with Crippen LogP contribution in [0.4, 0.5) is 26.3 Å². The fourth-order valence-corrected chi connectivity index (χ4v) is 0.913. The maximum atomic E-state index is 11.8. The van der Waals surface area contributed by atoms with E-state index in [9.17, 15) is 45.5 Å². The third kappa shape index (κ3) is 9.47. The van der Waals surface area contributed by atoms with Crippen LogP contribution in [-0.2, 0) is 28.7 Å². The van der Waals surface area contributed by atoms with E-state index in [1.54, 1.807) is 0 Å². The van der Waals surface area contributed by atoms with Crippen LogP contribution < -0.4 is 10.6 Å². The molecule has 0 aromatic rings. The Kier molecular flexibility index (Phi) is 7.98. The predicted octanol–water partition coefficient (Wildman–Crippen LogP) is 0.125. The highest BCUT2D eigenvalue weighted by molar-refractivity contribution is 5.82. The van der Waals surface area contributed by atoms with Crippen LogP contribution in [0.2, 0.25) is 0 Å². The first-order valence-electron chi connectivity index (χ1n) is 5.85. The van der Waals surface area contributed by atoms with Crippen molar-refractivity contribution in [2.75, 3.05) is 13.5 Å². The zero-order valence-electron chi connectivity index (χ0n) is 11.5. The van der Waals surface area contributed by atoms with Gasteiger partial charge in [0.15, 0.2) is 13.5 Å². The van der Waals surface area contributed by atoms with Gasteiger partial charge < -0.3 is 20.1 Å². The largest absolute Gasteiger partial charge is 0.471 e. The number of alkyl halides is 6. The number of carbonyl (C=O) groups excluding carboxylic acids is 4. The van der Waals surface area contributed by atoms with Crippen molar-refractivity contribution < 1.29 is 55.0 Å². The minimum Gasteiger partial charge on any atom is -0.444 e. The number of hydrogen-bond donors (Lipinski definition) is 2. The second kappa shape index (κ2) is 8.93. The molecule has 0 radical (unpaired) electrons. The average Bonchev–Trinajstić information content (AvgIpc) is 2.42. The van der Waals surface area contributed by atoms with Gasteiger partial charge in [0.25, 0.3) is 0 Å². The van der Waals surface area contributed by atoms with Crippen LogP contribution in [0, 0.1) is 0 Å². The standard InChI is InChI=1S/C10H10F6N2O6/c11-9(12,13)7(21)17-3-23-5(19)1-2-6(20)24-4-18-8(22)10(14,15)16/h1-4H2,(H,17,21)(H,18,22). The Morgan fingerprint density at radius 1 is 0.667 bits per heavy atom. The van der Waals surface area contributed by atoms with Crippen LogP contribution in [0.5, 0.6) is 0 Å². The molecule has 0 aliphatic heterocycles. The number of hydrogen-bond acceptors (Lipinski definition) is 6. The van der Waals surface area contributed by atoms with E-state index < -0.39 is 62.4 Å². The fraction of sp³-hybridized carbons (Fsp3) is 0.600. The molecule has 0 aliphatic rings. The molecule has 8 nitrogen and oxygen atoms in total. The van der Waals surface area contributed by atoms with Crippen molar-refractivity contribution in [3.8, 4) is 0 Å². The Hall–Kier alpha value is -2.54. The Labute approximate surface area is 129 Å². The molecular formula is C10H10F6N2O6. The molecule has 0 rings (SSSR count). The summed E-state index contributed by atoms with van der Waals surface area (Å²) in [6.07, 6.45) is -11.7. The van der Waals surface area contributed by atoms with Gasteiger partial charge in [-0.25, -0.2) is 0 Å². The molecule has 0 saturated carbocycles. The lowest BCUT2D eigenvalue weighted by molar-refractivity contribution is -0.176. The van der Waals surface area contributed by atoms with Crippen LogP contribution in [0.1, 0.15) is 12.8 Å². The number of rotatable bonds is 7. The van der Waals surface area contributed by atoms with Gasteiger partial charge in [0, 0.05) is 0 Å². The second-order valence-corrected chi connectivity index (χ2v) is 3.83. The Bertz CT molecular complexity index is 445. The fourth-order valence-electron chi connectivity index (χ4n) is 0.913. The molecular weight excluding hydrogens is 358 g/mol. The number of halogens is 6. The number of nitrogens with one attached hydrogen (secondary N) is 2. The summed E-state index contributed by atoms with van der Waals surface area (Å²) < 4.78 is 78.9. The maximum absolute atomic E-state index is 11.8. The highest BCUT2D eigenvalue weighted by Crippen LogP contribution is 2.14. The van der Waals surface area contributed by atoms with Crippen LogP contribution >= 0.6 is 0 Å². The van der Waals surface area contributed by atoms with Crippen molar-refractivity contribution >= 4 is 23.8 Å². The topological polar surface area (TPSA) is 111 Å². The van der Waals surface area contributed by atoms with Crippen LogP contribution in [-0.4, -0.2) is 49.6 Å². The quantitative estimate of drug-likeness (QED) is 0.375. The molecule has 0 aromatic heterocycles. The molecule has 0 atom stereocenters. The highest BCUT2D eigenvalue weighted by Gasteiger charge is 2.39. The second-order valence-electron chi connectivity index (χ2n) is 3.83. The van der Waals surface area contributed by atoms with Crippen molar-refractivity contribution in [1.82, 2.24) is 10.6 Å². The van der Waals surface area contributed by atoms with Gasteiger partial charge in [-0.05, 0) is 0 Å². The molecule has 2 N–H and O–H groups in total. The molecule has 0 aliphatic carbocycles. The lowest BCUT2D eigenvalue weighted by atomic mass is 10.3. The summed E-state index contributed by atoms with van der Waals surface area (Å²) in [5.74, 6) is -7.02. The van der Waals surface area contributed by atoms with Crippen molar-refractivity contribution in [3.63, 3.8) is 0 Å². The van der Waals surface area contributed by atoms with E-state index in [-0.39, 0.29) is 0 Å². The van der Waals surface area contributed by atoms with E-state index in [2.05, 4.69) is 9.47 Å². The van der Waals surface area contributed by atoms with Gasteiger partial charge in [-0.15, -0.1) is 0 Å². The predicted molar refractivity (Wildman–Crippen MR) is 59.5 cm³/mol. The van der Waals surface area contributed by atoms with Gasteiger partial charge in [0.05, 0.1) is 12.8 Å². The van der Waals surface area contributed by atoms with Crippen molar-refractivity contribution in [2.24, 2.45) is 0 Å². The third-order valence-electron chi connectivity index (χ3n) is 1.98. The van der Waals surface area contributed by atoms with E-state index in [0.717, 1.165) is 0 Å². The first-order valence-corrected chi connectivity index (χ1v) is 5.85. The number of carbonyl (C=O) groups is 4. The van der Waals surface area contributed by atoms with E-state index in [1.807, 2.05) is 0 Å². The normalized spacial score (nSPS) is 11.4. The average molecular weight is 368 g/mol. The molecule has 0 aromatic carbocycles. The molecule has 0 spiro atoms. The first kappa shape index (κ1) is 21.5. The SMILES string of the molecule is O=C(CCC(=O)OCNC(=O)C(F)(F)F)OCNC(=O)C(F)(F)F. The van der Waals surface area contributed by atoms with Gasteiger partial charge in [-0.1, -0.05) is 0 Å². The molecule has 0 fully saturated rings. The van der Waals surface area contributed by atoms with Crippen molar-refractivity contribution in [1.29, 1.82) is 0 Å². The summed E-state index contributed by atoms with van der Waals surface area (Å²) >= 11 is 0. The molecule has 0 unspecified atom stereocenters. The van der Waals surface area contributed by atoms with Crippen LogP contribution in [0.25, 0.3) is 0 Å². The zero-order chi connectivity index (χ0) is 19.0. The van der Waals surface area contributed by atoms with Gasteiger partial charge in [-0.3, -0.25) is 19.2 Å². The first-order chi connectivity index (χ1) is 10.8. The molecule has 0 saturated heterocycles.